The maximum absolute atomic E-state index is 12.3. The third-order valence-corrected chi connectivity index (χ3v) is 5.50. The van der Waals surface area contributed by atoms with E-state index >= 15 is 0 Å². The Hall–Kier alpha value is -3.45. The molecule has 2 aromatic carbocycles. The number of hydrogen-bond donors (Lipinski definition) is 0. The van der Waals surface area contributed by atoms with E-state index in [-0.39, 0.29) is 12.5 Å². The largest absolute Gasteiger partial charge is 0.493 e. The Labute approximate surface area is 192 Å². The van der Waals surface area contributed by atoms with E-state index in [1.807, 2.05) is 55.5 Å². The van der Waals surface area contributed by atoms with Crippen molar-refractivity contribution in [2.75, 3.05) is 11.5 Å². The molecule has 0 spiro atoms. The molecule has 3 rings (SSSR count). The Morgan fingerprint density at radius 1 is 1.09 bits per heavy atom. The Morgan fingerprint density at radius 2 is 1.84 bits per heavy atom. The van der Waals surface area contributed by atoms with Crippen LogP contribution in [0.5, 0.6) is 5.75 Å². The molecule has 0 unspecified atom stereocenters. The van der Waals surface area contributed by atoms with Crippen molar-refractivity contribution >= 4 is 40.1 Å². The van der Waals surface area contributed by atoms with Gasteiger partial charge in [0.05, 0.1) is 18.0 Å². The van der Waals surface area contributed by atoms with Crippen LogP contribution >= 0.6 is 11.3 Å². The summed E-state index contributed by atoms with van der Waals surface area (Å²) in [6.45, 7) is 6.05. The highest BCUT2D eigenvalue weighted by atomic mass is 32.1. The van der Waals surface area contributed by atoms with E-state index < -0.39 is 5.97 Å². The van der Waals surface area contributed by atoms with Gasteiger partial charge in [0.2, 0.25) is 5.91 Å². The second-order valence-corrected chi connectivity index (χ2v) is 7.74. The monoisotopic (exact) mass is 450 g/mol. The summed E-state index contributed by atoms with van der Waals surface area (Å²) in [5, 5.41) is 2.32. The number of rotatable bonds is 9. The van der Waals surface area contributed by atoms with Gasteiger partial charge in [-0.05, 0) is 43.2 Å². The minimum Gasteiger partial charge on any atom is -0.493 e. The van der Waals surface area contributed by atoms with Crippen LogP contribution in [0, 0.1) is 0 Å². The number of hydrogen-bond acceptors (Lipinski definition) is 6. The number of benzene rings is 2. The fourth-order valence-electron chi connectivity index (χ4n) is 3.03. The Bertz CT molecular complexity index is 1090. The van der Waals surface area contributed by atoms with Crippen LogP contribution in [0.3, 0.4) is 0 Å². The molecule has 7 heteroatoms. The van der Waals surface area contributed by atoms with E-state index in [1.165, 1.54) is 29.9 Å². The molecule has 0 aliphatic carbocycles. The molecule has 0 atom stereocenters. The summed E-state index contributed by atoms with van der Waals surface area (Å²) in [5.41, 5.74) is 3.33. The maximum atomic E-state index is 12.3. The van der Waals surface area contributed by atoms with Gasteiger partial charge < -0.3 is 9.47 Å². The fraction of sp³-hybridized carbons (Fsp3) is 0.240. The molecule has 0 bridgehead atoms. The molecule has 0 aliphatic heterocycles. The van der Waals surface area contributed by atoms with Crippen LogP contribution in [-0.4, -0.2) is 23.5 Å². The molecule has 0 radical (unpaired) electrons. The average molecular weight is 451 g/mol. The minimum absolute atomic E-state index is 0.0211. The Balaban J connectivity index is 1.64. The molecular formula is C25H26N2O4S. The third kappa shape index (κ3) is 6.04. The van der Waals surface area contributed by atoms with Crippen molar-refractivity contribution < 1.29 is 19.1 Å². The van der Waals surface area contributed by atoms with E-state index in [0.29, 0.717) is 23.2 Å². The number of anilines is 2. The van der Waals surface area contributed by atoms with Crippen LogP contribution in [-0.2, 0) is 27.4 Å². The first-order chi connectivity index (χ1) is 15.5. The summed E-state index contributed by atoms with van der Waals surface area (Å²) >= 11 is 1.33. The SMILES string of the molecule is CCOc1ccccc1/C=C/C(=O)OCc1csc(N(C(C)=O)c2ccc(CC)cc2)n1. The number of carbonyl (C=O) groups is 2. The molecule has 0 saturated carbocycles. The molecule has 32 heavy (non-hydrogen) atoms. The van der Waals surface area contributed by atoms with Crippen molar-refractivity contribution in [1.29, 1.82) is 0 Å². The zero-order valence-electron chi connectivity index (χ0n) is 18.4. The summed E-state index contributed by atoms with van der Waals surface area (Å²) in [6.07, 6.45) is 3.96. The van der Waals surface area contributed by atoms with Gasteiger partial charge in [-0.25, -0.2) is 9.78 Å². The van der Waals surface area contributed by atoms with Gasteiger partial charge in [0.25, 0.3) is 0 Å². The van der Waals surface area contributed by atoms with Crippen LogP contribution in [0.15, 0.2) is 60.0 Å². The first-order valence-corrected chi connectivity index (χ1v) is 11.3. The normalized spacial score (nSPS) is 10.8. The second-order valence-electron chi connectivity index (χ2n) is 6.91. The zero-order chi connectivity index (χ0) is 22.9. The zero-order valence-corrected chi connectivity index (χ0v) is 19.2. The molecule has 6 nitrogen and oxygen atoms in total. The van der Waals surface area contributed by atoms with Crippen molar-refractivity contribution in [3.05, 3.63) is 76.8 Å². The standard InChI is InChI=1S/C25H26N2O4S/c1-4-19-10-13-22(14-11-19)27(18(3)28)25-26-21(17-32-25)16-31-24(29)15-12-20-8-6-7-9-23(20)30-5-2/h6-15,17H,4-5,16H2,1-3H3/b15-12+. The van der Waals surface area contributed by atoms with Gasteiger partial charge in [-0.3, -0.25) is 9.69 Å². The number of aryl methyl sites for hydroxylation is 1. The van der Waals surface area contributed by atoms with Crippen molar-refractivity contribution in [3.63, 3.8) is 0 Å². The molecule has 0 fully saturated rings. The number of carbonyl (C=O) groups excluding carboxylic acids is 2. The molecule has 1 heterocycles. The topological polar surface area (TPSA) is 68.7 Å². The van der Waals surface area contributed by atoms with E-state index in [2.05, 4.69) is 11.9 Å². The fourth-order valence-corrected chi connectivity index (χ4v) is 3.90. The smallest absolute Gasteiger partial charge is 0.331 e. The van der Waals surface area contributed by atoms with Gasteiger partial charge in [-0.1, -0.05) is 37.3 Å². The summed E-state index contributed by atoms with van der Waals surface area (Å²) in [4.78, 5) is 30.4. The number of esters is 1. The highest BCUT2D eigenvalue weighted by molar-refractivity contribution is 7.14. The highest BCUT2D eigenvalue weighted by Crippen LogP contribution is 2.29. The van der Waals surface area contributed by atoms with Crippen LogP contribution in [0.1, 0.15) is 37.6 Å². The Kier molecular flexibility index (Phi) is 8.16. The van der Waals surface area contributed by atoms with E-state index in [1.54, 1.807) is 16.4 Å². The summed E-state index contributed by atoms with van der Waals surface area (Å²) in [5.74, 6) is 0.0898. The van der Waals surface area contributed by atoms with Gasteiger partial charge >= 0.3 is 5.97 Å². The number of nitrogens with zero attached hydrogens (tertiary/aromatic N) is 2. The predicted octanol–water partition coefficient (Wildman–Crippen LogP) is 5.55. The van der Waals surface area contributed by atoms with Gasteiger partial charge in [-0.2, -0.15) is 0 Å². The Morgan fingerprint density at radius 3 is 2.53 bits per heavy atom. The molecule has 0 aliphatic rings. The first kappa shape index (κ1) is 23.2. The number of thiazole rings is 1. The van der Waals surface area contributed by atoms with Gasteiger partial charge in [-0.15, -0.1) is 11.3 Å². The molecule has 1 amide bonds. The van der Waals surface area contributed by atoms with Gasteiger partial charge in [0.1, 0.15) is 12.4 Å². The predicted molar refractivity (Wildman–Crippen MR) is 127 cm³/mol. The van der Waals surface area contributed by atoms with Crippen molar-refractivity contribution in [1.82, 2.24) is 4.98 Å². The third-order valence-electron chi connectivity index (χ3n) is 4.63. The number of para-hydroxylation sites is 1. The lowest BCUT2D eigenvalue weighted by Crippen LogP contribution is -2.22. The lowest BCUT2D eigenvalue weighted by Gasteiger charge is -2.18. The number of aromatic nitrogens is 1. The number of ether oxygens (including phenoxy) is 2. The molecule has 1 aromatic heterocycles. The minimum atomic E-state index is -0.482. The quantitative estimate of drug-likeness (QED) is 0.316. The van der Waals surface area contributed by atoms with E-state index in [9.17, 15) is 9.59 Å². The second kappa shape index (κ2) is 11.2. The van der Waals surface area contributed by atoms with Crippen LogP contribution < -0.4 is 9.64 Å². The molecule has 0 saturated heterocycles. The summed E-state index contributed by atoms with van der Waals surface area (Å²) < 4.78 is 10.9. The van der Waals surface area contributed by atoms with Gasteiger partial charge in [0.15, 0.2) is 5.13 Å². The molecule has 0 N–H and O–H groups in total. The van der Waals surface area contributed by atoms with Crippen molar-refractivity contribution in [2.24, 2.45) is 0 Å². The van der Waals surface area contributed by atoms with Crippen molar-refractivity contribution in [3.8, 4) is 5.75 Å². The highest BCUT2D eigenvalue weighted by Gasteiger charge is 2.18. The van der Waals surface area contributed by atoms with Gasteiger partial charge in [0, 0.05) is 23.9 Å². The molecular weight excluding hydrogens is 424 g/mol. The molecule has 166 valence electrons. The number of amides is 1. The maximum Gasteiger partial charge on any atom is 0.331 e. The first-order valence-electron chi connectivity index (χ1n) is 10.4. The van der Waals surface area contributed by atoms with E-state index in [4.69, 9.17) is 9.47 Å². The summed E-state index contributed by atoms with van der Waals surface area (Å²) in [6, 6.07) is 15.3. The van der Waals surface area contributed by atoms with Crippen LogP contribution in [0.25, 0.3) is 6.08 Å². The van der Waals surface area contributed by atoms with E-state index in [0.717, 1.165) is 17.7 Å². The lowest BCUT2D eigenvalue weighted by molar-refractivity contribution is -0.139. The van der Waals surface area contributed by atoms with Crippen molar-refractivity contribution in [2.45, 2.75) is 33.8 Å². The van der Waals surface area contributed by atoms with Crippen LogP contribution in [0.2, 0.25) is 0 Å². The lowest BCUT2D eigenvalue weighted by atomic mass is 10.1. The molecule has 3 aromatic rings. The summed E-state index contributed by atoms with van der Waals surface area (Å²) in [7, 11) is 0. The average Bonchev–Trinajstić information content (AvgIpc) is 3.26. The van der Waals surface area contributed by atoms with Crippen LogP contribution in [0.4, 0.5) is 10.8 Å².